The van der Waals surface area contributed by atoms with Crippen molar-refractivity contribution < 1.29 is 13.6 Å². The van der Waals surface area contributed by atoms with Crippen LogP contribution >= 0.6 is 6.72 Å². The monoisotopic (exact) mass is 278 g/mol. The first-order valence-electron chi connectivity index (χ1n) is 5.64. The summed E-state index contributed by atoms with van der Waals surface area (Å²) in [5.41, 5.74) is 0. The van der Waals surface area contributed by atoms with E-state index < -0.39 is 6.72 Å². The zero-order valence-corrected chi connectivity index (χ0v) is 12.3. The topological polar surface area (TPSA) is 45.5 Å². The Morgan fingerprint density at radius 1 is 1.35 bits per heavy atom. The molecule has 0 bridgehead atoms. The summed E-state index contributed by atoms with van der Waals surface area (Å²) in [6.07, 6.45) is 1.84. The van der Waals surface area contributed by atoms with Crippen molar-refractivity contribution >= 4 is 18.5 Å². The van der Waals surface area contributed by atoms with Crippen LogP contribution in [0, 0.1) is 0 Å². The molecule has 1 rings (SSSR count). The van der Waals surface area contributed by atoms with Crippen molar-refractivity contribution in [2.75, 3.05) is 13.2 Å². The molecule has 1 aromatic rings. The first kappa shape index (κ1) is 14.6. The number of rotatable bonds is 7. The summed E-state index contributed by atoms with van der Waals surface area (Å²) >= 11 is 5.25. The van der Waals surface area contributed by atoms with Crippen molar-refractivity contribution in [3.8, 4) is 5.88 Å². The standard InChI is InChI=1S/C10H19N2O3PS/c1-5-13-16(17,14-6-2)15-10-7-8-12(11-10)9(3)4/h7-9H,5-6H2,1-4H3. The van der Waals surface area contributed by atoms with Crippen LogP contribution in [-0.4, -0.2) is 23.0 Å². The minimum Gasteiger partial charge on any atom is -0.404 e. The van der Waals surface area contributed by atoms with Gasteiger partial charge < -0.3 is 4.52 Å². The quantitative estimate of drug-likeness (QED) is 0.717. The lowest BCUT2D eigenvalue weighted by molar-refractivity contribution is 0.215. The third-order valence-corrected chi connectivity index (χ3v) is 4.31. The maximum Gasteiger partial charge on any atom is 0.381 e. The van der Waals surface area contributed by atoms with Crippen molar-refractivity contribution in [1.82, 2.24) is 9.78 Å². The third kappa shape index (κ3) is 4.39. The number of nitrogens with zero attached hydrogens (tertiary/aromatic N) is 2. The minimum atomic E-state index is -2.70. The maximum atomic E-state index is 5.56. The summed E-state index contributed by atoms with van der Waals surface area (Å²) in [6.45, 7) is 6.01. The molecule has 7 heteroatoms. The van der Waals surface area contributed by atoms with Crippen LogP contribution in [0.4, 0.5) is 0 Å². The number of hydrogen-bond donors (Lipinski definition) is 0. The van der Waals surface area contributed by atoms with Gasteiger partial charge in [-0.3, -0.25) is 13.7 Å². The summed E-state index contributed by atoms with van der Waals surface area (Å²) in [4.78, 5) is 0. The highest BCUT2D eigenvalue weighted by molar-refractivity contribution is 8.07. The van der Waals surface area contributed by atoms with Crippen LogP contribution in [0.3, 0.4) is 0 Å². The molecule has 1 heterocycles. The second-order valence-electron chi connectivity index (χ2n) is 3.60. The van der Waals surface area contributed by atoms with Crippen molar-refractivity contribution in [3.05, 3.63) is 12.3 Å². The molecule has 0 saturated heterocycles. The van der Waals surface area contributed by atoms with Crippen molar-refractivity contribution in [2.24, 2.45) is 0 Å². The van der Waals surface area contributed by atoms with E-state index in [1.807, 2.05) is 33.9 Å². The van der Waals surface area contributed by atoms with Gasteiger partial charge in [0.1, 0.15) is 0 Å². The van der Waals surface area contributed by atoms with Crippen LogP contribution in [0.1, 0.15) is 33.7 Å². The number of aromatic nitrogens is 2. The van der Waals surface area contributed by atoms with Gasteiger partial charge in [0.25, 0.3) is 0 Å². The molecule has 0 fully saturated rings. The van der Waals surface area contributed by atoms with E-state index in [2.05, 4.69) is 5.10 Å². The summed E-state index contributed by atoms with van der Waals surface area (Å²) in [7, 11) is 0. The average Bonchev–Trinajstić information content (AvgIpc) is 2.66. The molecular formula is C10H19N2O3PS. The highest BCUT2D eigenvalue weighted by atomic mass is 32.5. The molecule has 0 unspecified atom stereocenters. The van der Waals surface area contributed by atoms with Gasteiger partial charge >= 0.3 is 6.72 Å². The molecule has 17 heavy (non-hydrogen) atoms. The summed E-state index contributed by atoms with van der Waals surface area (Å²) < 4.78 is 18.1. The first-order chi connectivity index (χ1) is 8.00. The molecule has 0 spiro atoms. The smallest absolute Gasteiger partial charge is 0.381 e. The molecule has 0 N–H and O–H groups in total. The molecule has 0 saturated carbocycles. The largest absolute Gasteiger partial charge is 0.404 e. The van der Waals surface area contributed by atoms with Crippen LogP contribution < -0.4 is 4.52 Å². The van der Waals surface area contributed by atoms with Crippen LogP contribution in [0.25, 0.3) is 0 Å². The van der Waals surface area contributed by atoms with Crippen LogP contribution in [-0.2, 0) is 20.9 Å². The molecule has 0 atom stereocenters. The van der Waals surface area contributed by atoms with E-state index in [1.54, 1.807) is 10.7 Å². The van der Waals surface area contributed by atoms with Gasteiger partial charge in [0.05, 0.1) is 13.2 Å². The Morgan fingerprint density at radius 2 is 1.94 bits per heavy atom. The first-order valence-corrected chi connectivity index (χ1v) is 8.20. The fourth-order valence-corrected chi connectivity index (χ4v) is 3.18. The molecule has 5 nitrogen and oxygen atoms in total. The van der Waals surface area contributed by atoms with Gasteiger partial charge in [-0.1, -0.05) is 0 Å². The van der Waals surface area contributed by atoms with E-state index in [1.165, 1.54) is 0 Å². The lowest BCUT2D eigenvalue weighted by Crippen LogP contribution is -2.04. The minimum absolute atomic E-state index is 0.282. The van der Waals surface area contributed by atoms with Gasteiger partial charge in [0.2, 0.25) is 5.88 Å². The highest BCUT2D eigenvalue weighted by Crippen LogP contribution is 2.49. The van der Waals surface area contributed by atoms with E-state index in [4.69, 9.17) is 25.4 Å². The van der Waals surface area contributed by atoms with Gasteiger partial charge in [-0.05, 0) is 27.7 Å². The predicted molar refractivity (Wildman–Crippen MR) is 70.8 cm³/mol. The van der Waals surface area contributed by atoms with Crippen LogP contribution in [0.2, 0.25) is 0 Å². The Labute approximate surface area is 107 Å². The Balaban J connectivity index is 2.75. The molecule has 98 valence electrons. The summed E-state index contributed by atoms with van der Waals surface area (Å²) in [5.74, 6) is 0.448. The number of hydrogen-bond acceptors (Lipinski definition) is 5. The Hall–Kier alpha value is -0.420. The Bertz CT molecular complexity index is 385. The van der Waals surface area contributed by atoms with Crippen molar-refractivity contribution in [3.63, 3.8) is 0 Å². The van der Waals surface area contributed by atoms with Crippen LogP contribution in [0.5, 0.6) is 5.88 Å². The maximum absolute atomic E-state index is 5.56. The summed E-state index contributed by atoms with van der Waals surface area (Å²) in [5, 5.41) is 4.25. The SMILES string of the molecule is CCOP(=S)(OCC)Oc1ccn(C(C)C)n1. The summed E-state index contributed by atoms with van der Waals surface area (Å²) in [6, 6.07) is 2.04. The second-order valence-corrected chi connectivity index (χ2v) is 6.54. The van der Waals surface area contributed by atoms with Gasteiger partial charge in [0.15, 0.2) is 0 Å². The molecule has 0 radical (unpaired) electrons. The Morgan fingerprint density at radius 3 is 2.35 bits per heavy atom. The third-order valence-electron chi connectivity index (χ3n) is 1.89. The molecule has 0 amide bonds. The van der Waals surface area contributed by atoms with Gasteiger partial charge in [-0.15, -0.1) is 5.10 Å². The van der Waals surface area contributed by atoms with Crippen molar-refractivity contribution in [2.45, 2.75) is 33.7 Å². The molecular weight excluding hydrogens is 259 g/mol. The molecule has 1 aromatic heterocycles. The predicted octanol–water partition coefficient (Wildman–Crippen LogP) is 3.14. The fraction of sp³-hybridized carbons (Fsp3) is 0.700. The average molecular weight is 278 g/mol. The lowest BCUT2D eigenvalue weighted by Gasteiger charge is -2.19. The highest BCUT2D eigenvalue weighted by Gasteiger charge is 2.22. The van der Waals surface area contributed by atoms with E-state index >= 15 is 0 Å². The fourth-order valence-electron chi connectivity index (χ4n) is 1.18. The van der Waals surface area contributed by atoms with Gasteiger partial charge in [0, 0.05) is 30.1 Å². The van der Waals surface area contributed by atoms with E-state index in [-0.39, 0.29) is 6.04 Å². The Kier molecular flexibility index (Phi) is 5.59. The second kappa shape index (κ2) is 6.50. The van der Waals surface area contributed by atoms with Gasteiger partial charge in [-0.25, -0.2) is 0 Å². The molecule has 0 aliphatic heterocycles. The molecule has 0 aromatic carbocycles. The normalized spacial score (nSPS) is 12.1. The van der Waals surface area contributed by atoms with E-state index in [0.717, 1.165) is 0 Å². The molecule has 0 aliphatic rings. The van der Waals surface area contributed by atoms with Crippen molar-refractivity contribution in [1.29, 1.82) is 0 Å². The molecule has 0 aliphatic carbocycles. The van der Waals surface area contributed by atoms with E-state index in [9.17, 15) is 0 Å². The van der Waals surface area contributed by atoms with Gasteiger partial charge in [-0.2, -0.15) is 0 Å². The lowest BCUT2D eigenvalue weighted by atomic mass is 10.4. The zero-order chi connectivity index (χ0) is 12.9. The zero-order valence-electron chi connectivity index (χ0n) is 10.6. The van der Waals surface area contributed by atoms with E-state index in [0.29, 0.717) is 19.1 Å². The van der Waals surface area contributed by atoms with Crippen LogP contribution in [0.15, 0.2) is 12.3 Å².